The van der Waals surface area contributed by atoms with E-state index in [2.05, 4.69) is 4.72 Å². The maximum atomic E-state index is 11.4. The minimum atomic E-state index is -3.70. The monoisotopic (exact) mass is 343 g/mol. The van der Waals surface area contributed by atoms with Crippen LogP contribution < -0.4 is 9.46 Å². The minimum absolute atomic E-state index is 0.0586. The minimum Gasteiger partial charge on any atom is -0.502 e. The van der Waals surface area contributed by atoms with Crippen LogP contribution in [0.2, 0.25) is 0 Å². The maximum absolute atomic E-state index is 11.4. The molecule has 9 heteroatoms. The Kier molecular flexibility index (Phi) is 4.38. The zero-order chi connectivity index (χ0) is 16.5. The lowest BCUT2D eigenvalue weighted by Gasteiger charge is -2.07. The van der Waals surface area contributed by atoms with Crippen molar-refractivity contribution in [1.29, 1.82) is 0 Å². The van der Waals surface area contributed by atoms with Crippen LogP contribution in [0.25, 0.3) is 5.57 Å². The van der Waals surface area contributed by atoms with Gasteiger partial charge in [0.25, 0.3) is 5.88 Å². The zero-order valence-corrected chi connectivity index (χ0v) is 13.4. The largest absolute Gasteiger partial charge is 0.502 e. The Balaban J connectivity index is 2.57. The van der Waals surface area contributed by atoms with Gasteiger partial charge in [0.2, 0.25) is 21.5 Å². The molecule has 0 saturated heterocycles. The fourth-order valence-electron chi connectivity index (χ4n) is 1.81. The first kappa shape index (κ1) is 16.2. The van der Waals surface area contributed by atoms with Crippen LogP contribution in [0, 0.1) is 0 Å². The highest BCUT2D eigenvalue weighted by Crippen LogP contribution is 2.45. The number of rotatable bonds is 4. The summed E-state index contributed by atoms with van der Waals surface area (Å²) in [5.41, 5.74) is 0.421. The standard InChI is InChI=1S/C13H13NO6S2/c1-7(15)19-12-10(16)11(8-5-3-4-6-9(8)21)20-13(12)14-22(2,17)18/h3-5,14,16H,6H2,1-2H3. The second kappa shape index (κ2) is 5.93. The van der Waals surface area contributed by atoms with E-state index in [0.717, 1.165) is 13.2 Å². The lowest BCUT2D eigenvalue weighted by Crippen LogP contribution is -2.11. The van der Waals surface area contributed by atoms with Crippen LogP contribution in [-0.2, 0) is 14.8 Å². The Morgan fingerprint density at radius 3 is 2.73 bits per heavy atom. The molecule has 0 spiro atoms. The Hall–Kier alpha value is -2.13. The fourth-order valence-corrected chi connectivity index (χ4v) is 2.54. The number of thiocarbonyl (C=S) groups is 1. The molecule has 22 heavy (non-hydrogen) atoms. The molecule has 0 fully saturated rings. The number of ether oxygens (including phenoxy) is 1. The molecule has 1 aromatic rings. The zero-order valence-electron chi connectivity index (χ0n) is 11.7. The molecule has 1 aliphatic rings. The number of carbonyl (C=O) groups is 1. The molecule has 0 atom stereocenters. The van der Waals surface area contributed by atoms with Gasteiger partial charge in [0.15, 0.2) is 5.76 Å². The van der Waals surface area contributed by atoms with Gasteiger partial charge in [-0.25, -0.2) is 8.42 Å². The number of sulfonamides is 1. The highest BCUT2D eigenvalue weighted by atomic mass is 32.2. The van der Waals surface area contributed by atoms with Crippen LogP contribution in [0.4, 0.5) is 5.88 Å². The van der Waals surface area contributed by atoms with Crippen LogP contribution in [0.3, 0.4) is 0 Å². The normalized spacial score (nSPS) is 14.6. The Labute approximate surface area is 132 Å². The van der Waals surface area contributed by atoms with E-state index in [9.17, 15) is 18.3 Å². The highest BCUT2D eigenvalue weighted by Gasteiger charge is 2.28. The van der Waals surface area contributed by atoms with Crippen LogP contribution in [0.1, 0.15) is 19.1 Å². The lowest BCUT2D eigenvalue weighted by atomic mass is 10.0. The highest BCUT2D eigenvalue weighted by molar-refractivity contribution is 7.92. The Morgan fingerprint density at radius 1 is 1.50 bits per heavy atom. The summed E-state index contributed by atoms with van der Waals surface area (Å²) in [5, 5.41) is 10.2. The molecule has 1 heterocycles. The average molecular weight is 343 g/mol. The van der Waals surface area contributed by atoms with Crippen molar-refractivity contribution >= 4 is 44.5 Å². The molecule has 1 aromatic heterocycles. The Bertz CT molecular complexity index is 801. The van der Waals surface area contributed by atoms with Crippen molar-refractivity contribution in [2.75, 3.05) is 11.0 Å². The molecular formula is C13H13NO6S2. The molecule has 0 amide bonds. The molecule has 2 rings (SSSR count). The molecule has 0 bridgehead atoms. The van der Waals surface area contributed by atoms with Gasteiger partial charge in [-0.3, -0.25) is 9.52 Å². The van der Waals surface area contributed by atoms with Crippen molar-refractivity contribution in [3.05, 3.63) is 24.0 Å². The number of furan rings is 1. The summed E-state index contributed by atoms with van der Waals surface area (Å²) >= 11 is 5.18. The van der Waals surface area contributed by atoms with Crippen molar-refractivity contribution < 1.29 is 27.5 Å². The summed E-state index contributed by atoms with van der Waals surface area (Å²) in [6.07, 6.45) is 6.55. The number of carbonyl (C=O) groups excluding carboxylic acids is 1. The van der Waals surface area contributed by atoms with Crippen molar-refractivity contribution in [3.8, 4) is 11.5 Å². The molecule has 0 aliphatic heterocycles. The molecule has 0 aromatic carbocycles. The summed E-state index contributed by atoms with van der Waals surface area (Å²) in [5.74, 6) is -2.07. The molecule has 7 nitrogen and oxygen atoms in total. The number of hydrogen-bond acceptors (Lipinski definition) is 7. The number of aromatic hydroxyl groups is 1. The lowest BCUT2D eigenvalue weighted by molar-refractivity contribution is -0.131. The van der Waals surface area contributed by atoms with Crippen molar-refractivity contribution in [1.82, 2.24) is 0 Å². The predicted octanol–water partition coefficient (Wildman–Crippen LogP) is 2.00. The number of allylic oxidation sites excluding steroid dienone is 4. The van der Waals surface area contributed by atoms with Crippen LogP contribution in [0.5, 0.6) is 11.5 Å². The molecule has 1 aliphatic carbocycles. The summed E-state index contributed by atoms with van der Waals surface area (Å²) in [6, 6.07) is 0. The van der Waals surface area contributed by atoms with Gasteiger partial charge in [0.05, 0.1) is 6.26 Å². The van der Waals surface area contributed by atoms with Gasteiger partial charge >= 0.3 is 5.97 Å². The first-order valence-electron chi connectivity index (χ1n) is 6.11. The van der Waals surface area contributed by atoms with E-state index in [1.54, 1.807) is 12.2 Å². The topological polar surface area (TPSA) is 106 Å². The number of anilines is 1. The predicted molar refractivity (Wildman–Crippen MR) is 84.5 cm³/mol. The summed E-state index contributed by atoms with van der Waals surface area (Å²) in [6.45, 7) is 1.11. The van der Waals surface area contributed by atoms with E-state index >= 15 is 0 Å². The van der Waals surface area contributed by atoms with E-state index in [1.807, 2.05) is 6.08 Å². The second-order valence-corrected chi connectivity index (χ2v) is 6.78. The average Bonchev–Trinajstić information content (AvgIpc) is 2.66. The number of nitrogens with one attached hydrogen (secondary N) is 1. The molecular weight excluding hydrogens is 330 g/mol. The van der Waals surface area contributed by atoms with Crippen molar-refractivity contribution in [3.63, 3.8) is 0 Å². The number of hydrogen-bond donors (Lipinski definition) is 2. The molecule has 0 unspecified atom stereocenters. The summed E-state index contributed by atoms with van der Waals surface area (Å²) < 4.78 is 34.9. The quantitative estimate of drug-likeness (QED) is 0.636. The van der Waals surface area contributed by atoms with Gasteiger partial charge in [0.1, 0.15) is 0 Å². The maximum Gasteiger partial charge on any atom is 0.308 e. The molecule has 0 radical (unpaired) electrons. The van der Waals surface area contributed by atoms with E-state index in [1.165, 1.54) is 0 Å². The first-order chi connectivity index (χ1) is 10.2. The van der Waals surface area contributed by atoms with Gasteiger partial charge < -0.3 is 14.3 Å². The second-order valence-electron chi connectivity index (χ2n) is 4.54. The van der Waals surface area contributed by atoms with Crippen LogP contribution >= 0.6 is 12.2 Å². The van der Waals surface area contributed by atoms with Gasteiger partial charge in [-0.2, -0.15) is 0 Å². The first-order valence-corrected chi connectivity index (χ1v) is 8.41. The smallest absolute Gasteiger partial charge is 0.308 e. The number of esters is 1. The van der Waals surface area contributed by atoms with E-state index in [0.29, 0.717) is 16.9 Å². The van der Waals surface area contributed by atoms with Crippen LogP contribution in [-0.4, -0.2) is 30.6 Å². The van der Waals surface area contributed by atoms with Gasteiger partial charge in [0, 0.05) is 23.8 Å². The third-order valence-corrected chi connectivity index (χ3v) is 3.55. The van der Waals surface area contributed by atoms with Crippen LogP contribution in [0.15, 0.2) is 22.6 Å². The molecule has 2 N–H and O–H groups in total. The van der Waals surface area contributed by atoms with Crippen molar-refractivity contribution in [2.24, 2.45) is 0 Å². The van der Waals surface area contributed by atoms with Gasteiger partial charge in [-0.05, 0) is 0 Å². The van der Waals surface area contributed by atoms with E-state index in [4.69, 9.17) is 21.4 Å². The summed E-state index contributed by atoms with van der Waals surface area (Å²) in [7, 11) is -3.70. The third-order valence-electron chi connectivity index (χ3n) is 2.61. The molecule has 0 saturated carbocycles. The van der Waals surface area contributed by atoms with E-state index < -0.39 is 27.5 Å². The fraction of sp³-hybridized carbons (Fsp3) is 0.231. The third kappa shape index (κ3) is 3.55. The SMILES string of the molecule is CC(=O)Oc1c(NS(C)(=O)=O)oc(C2=CC=CCC2=S)c1O. The van der Waals surface area contributed by atoms with Gasteiger partial charge in [-0.1, -0.05) is 30.4 Å². The molecule has 118 valence electrons. The van der Waals surface area contributed by atoms with E-state index in [-0.39, 0.29) is 11.6 Å². The summed E-state index contributed by atoms with van der Waals surface area (Å²) in [4.78, 5) is 11.6. The van der Waals surface area contributed by atoms with Gasteiger partial charge in [-0.15, -0.1) is 0 Å². The Morgan fingerprint density at radius 2 is 2.18 bits per heavy atom. The van der Waals surface area contributed by atoms with Crippen molar-refractivity contribution in [2.45, 2.75) is 13.3 Å².